The highest BCUT2D eigenvalue weighted by Gasteiger charge is 2.29. The van der Waals surface area contributed by atoms with E-state index >= 15 is 0 Å². The molecule has 3 aromatic carbocycles. The Morgan fingerprint density at radius 2 is 1.74 bits per heavy atom. The van der Waals surface area contributed by atoms with Crippen LogP contribution in [-0.4, -0.2) is 40.3 Å². The number of sulfonamides is 1. The van der Waals surface area contributed by atoms with Gasteiger partial charge in [-0.25, -0.2) is 8.42 Å². The maximum absolute atomic E-state index is 13.4. The zero-order valence-electron chi connectivity index (χ0n) is 18.4. The second-order valence-corrected chi connectivity index (χ2v) is 10.9. The Hall–Kier alpha value is -2.39. The second kappa shape index (κ2) is 12.4. The quantitative estimate of drug-likeness (QED) is 0.337. The molecule has 0 atom stereocenters. The first-order chi connectivity index (χ1) is 16.3. The van der Waals surface area contributed by atoms with Gasteiger partial charge >= 0.3 is 0 Å². The average molecular weight is 540 g/mol. The number of para-hydroxylation sites is 2. The maximum Gasteiger partial charge on any atom is 0.264 e. The summed E-state index contributed by atoms with van der Waals surface area (Å²) in [5.74, 6) is 1.23. The molecule has 0 bridgehead atoms. The van der Waals surface area contributed by atoms with E-state index in [1.807, 2.05) is 6.07 Å². The first kappa shape index (κ1) is 26.2. The highest BCUT2D eigenvalue weighted by molar-refractivity contribution is 7.98. The van der Waals surface area contributed by atoms with Gasteiger partial charge in [-0.3, -0.25) is 9.10 Å². The molecule has 34 heavy (non-hydrogen) atoms. The van der Waals surface area contributed by atoms with E-state index in [1.54, 1.807) is 66.4 Å². The minimum Gasteiger partial charge on any atom is -0.495 e. The lowest BCUT2D eigenvalue weighted by atomic mass is 10.2. The predicted octanol–water partition coefficient (Wildman–Crippen LogP) is 5.25. The highest BCUT2D eigenvalue weighted by Crippen LogP contribution is 2.32. The van der Waals surface area contributed by atoms with Crippen LogP contribution in [0.15, 0.2) is 77.7 Å². The number of carbonyl (C=O) groups excluding carboxylic acids is 1. The summed E-state index contributed by atoms with van der Waals surface area (Å²) in [6.07, 6.45) is 0. The van der Waals surface area contributed by atoms with Gasteiger partial charge in [0.2, 0.25) is 5.91 Å². The van der Waals surface area contributed by atoms with E-state index in [-0.39, 0.29) is 17.1 Å². The first-order valence-corrected chi connectivity index (χ1v) is 13.7. The van der Waals surface area contributed by atoms with Crippen molar-refractivity contribution in [1.29, 1.82) is 0 Å². The average Bonchev–Trinajstić information content (AvgIpc) is 2.84. The van der Waals surface area contributed by atoms with Crippen LogP contribution in [0.25, 0.3) is 0 Å². The minimum absolute atomic E-state index is 0.0871. The van der Waals surface area contributed by atoms with Gasteiger partial charge in [-0.15, -0.1) is 0 Å². The molecule has 0 aliphatic heterocycles. The first-order valence-electron chi connectivity index (χ1n) is 10.3. The van der Waals surface area contributed by atoms with Crippen molar-refractivity contribution >= 4 is 56.6 Å². The molecule has 0 radical (unpaired) electrons. The largest absolute Gasteiger partial charge is 0.495 e. The van der Waals surface area contributed by atoms with E-state index in [4.69, 9.17) is 27.9 Å². The number of hydrogen-bond acceptors (Lipinski definition) is 5. The number of methoxy groups -OCH3 is 1. The second-order valence-electron chi connectivity index (χ2n) is 7.13. The Morgan fingerprint density at radius 1 is 1.03 bits per heavy atom. The Balaban J connectivity index is 1.66. The summed E-state index contributed by atoms with van der Waals surface area (Å²) in [5, 5.41) is 3.97. The SMILES string of the molecule is COc1ccccc1N(CC(=O)NCCSCc1ccc(Cl)cc1Cl)S(=O)(=O)c1ccccc1. The Labute approximate surface area is 214 Å². The molecule has 0 aromatic heterocycles. The lowest BCUT2D eigenvalue weighted by Gasteiger charge is -2.25. The summed E-state index contributed by atoms with van der Waals surface area (Å²) in [4.78, 5) is 12.8. The molecule has 0 heterocycles. The molecule has 6 nitrogen and oxygen atoms in total. The lowest BCUT2D eigenvalue weighted by molar-refractivity contribution is -0.119. The van der Waals surface area contributed by atoms with Gasteiger partial charge in [0.25, 0.3) is 10.0 Å². The van der Waals surface area contributed by atoms with Crippen molar-refractivity contribution in [2.45, 2.75) is 10.6 Å². The van der Waals surface area contributed by atoms with Crippen LogP contribution in [0.1, 0.15) is 5.56 Å². The summed E-state index contributed by atoms with van der Waals surface area (Å²) in [6.45, 7) is -0.00879. The number of halogens is 2. The third-order valence-corrected chi connectivity index (χ3v) is 8.18. The summed E-state index contributed by atoms with van der Waals surface area (Å²) in [6, 6.07) is 20.0. The van der Waals surface area contributed by atoms with Crippen molar-refractivity contribution < 1.29 is 17.9 Å². The molecule has 3 rings (SSSR count). The van der Waals surface area contributed by atoms with Crippen LogP contribution >= 0.6 is 35.0 Å². The fourth-order valence-electron chi connectivity index (χ4n) is 3.12. The number of nitrogens with one attached hydrogen (secondary N) is 1. The van der Waals surface area contributed by atoms with Gasteiger partial charge in [-0.2, -0.15) is 11.8 Å². The predicted molar refractivity (Wildman–Crippen MR) is 140 cm³/mol. The summed E-state index contributed by atoms with van der Waals surface area (Å²) in [7, 11) is -2.54. The molecule has 1 amide bonds. The van der Waals surface area contributed by atoms with Crippen molar-refractivity contribution in [3.8, 4) is 5.75 Å². The molecule has 0 aliphatic rings. The normalized spacial score (nSPS) is 11.1. The van der Waals surface area contributed by atoms with Crippen LogP contribution in [-0.2, 0) is 20.6 Å². The van der Waals surface area contributed by atoms with Gasteiger partial charge in [0.1, 0.15) is 12.3 Å². The molecule has 0 aliphatic carbocycles. The minimum atomic E-state index is -4.00. The van der Waals surface area contributed by atoms with Crippen LogP contribution < -0.4 is 14.4 Å². The van der Waals surface area contributed by atoms with Crippen molar-refractivity contribution in [3.63, 3.8) is 0 Å². The molecule has 180 valence electrons. The molecular formula is C24H24Cl2N2O4S2. The molecule has 1 N–H and O–H groups in total. The van der Waals surface area contributed by atoms with E-state index in [2.05, 4.69) is 5.32 Å². The van der Waals surface area contributed by atoms with E-state index in [1.165, 1.54) is 19.2 Å². The number of ether oxygens (including phenoxy) is 1. The Kier molecular flexibility index (Phi) is 9.53. The van der Waals surface area contributed by atoms with Gasteiger partial charge < -0.3 is 10.1 Å². The number of anilines is 1. The van der Waals surface area contributed by atoms with Crippen molar-refractivity contribution in [3.05, 3.63) is 88.4 Å². The summed E-state index contributed by atoms with van der Waals surface area (Å²) >= 11 is 13.7. The van der Waals surface area contributed by atoms with E-state index in [9.17, 15) is 13.2 Å². The molecular weight excluding hydrogens is 515 g/mol. The number of rotatable bonds is 11. The molecule has 0 saturated heterocycles. The molecule has 10 heteroatoms. The third kappa shape index (κ3) is 6.82. The number of hydrogen-bond donors (Lipinski definition) is 1. The van der Waals surface area contributed by atoms with Crippen LogP contribution in [0.3, 0.4) is 0 Å². The van der Waals surface area contributed by atoms with Crippen LogP contribution in [0.5, 0.6) is 5.75 Å². The lowest BCUT2D eigenvalue weighted by Crippen LogP contribution is -2.41. The standard InChI is InChI=1S/C24H24Cl2N2O4S2/c1-32-23-10-6-5-9-22(23)28(34(30,31)20-7-3-2-4-8-20)16-24(29)27-13-14-33-17-18-11-12-19(25)15-21(18)26/h2-12,15H,13-14,16-17H2,1H3,(H,27,29). The zero-order chi connectivity index (χ0) is 24.6. The number of benzene rings is 3. The molecule has 0 spiro atoms. The van der Waals surface area contributed by atoms with E-state index < -0.39 is 15.9 Å². The zero-order valence-corrected chi connectivity index (χ0v) is 21.6. The molecule has 3 aromatic rings. The van der Waals surface area contributed by atoms with Gasteiger partial charge in [0, 0.05) is 28.1 Å². The fourth-order valence-corrected chi connectivity index (χ4v) is 5.99. The van der Waals surface area contributed by atoms with Gasteiger partial charge in [0.15, 0.2) is 0 Å². The summed E-state index contributed by atoms with van der Waals surface area (Å²) < 4.78 is 33.2. The number of carbonyl (C=O) groups is 1. The van der Waals surface area contributed by atoms with Gasteiger partial charge in [0.05, 0.1) is 17.7 Å². The number of thioether (sulfide) groups is 1. The Morgan fingerprint density at radius 3 is 2.44 bits per heavy atom. The van der Waals surface area contributed by atoms with Crippen molar-refractivity contribution in [2.24, 2.45) is 0 Å². The van der Waals surface area contributed by atoms with Crippen LogP contribution in [0.2, 0.25) is 10.0 Å². The third-order valence-electron chi connectivity index (χ3n) is 4.81. The van der Waals surface area contributed by atoms with E-state index in [0.29, 0.717) is 33.8 Å². The molecule has 0 saturated carbocycles. The molecule has 0 fully saturated rings. The molecule has 0 unspecified atom stereocenters. The van der Waals surface area contributed by atoms with Crippen molar-refractivity contribution in [1.82, 2.24) is 5.32 Å². The maximum atomic E-state index is 13.4. The fraction of sp³-hybridized carbons (Fsp3) is 0.208. The van der Waals surface area contributed by atoms with Crippen LogP contribution in [0.4, 0.5) is 5.69 Å². The number of nitrogens with zero attached hydrogens (tertiary/aromatic N) is 1. The van der Waals surface area contributed by atoms with Crippen molar-refractivity contribution in [2.75, 3.05) is 30.3 Å². The van der Waals surface area contributed by atoms with E-state index in [0.717, 1.165) is 9.87 Å². The summed E-state index contributed by atoms with van der Waals surface area (Å²) in [5.41, 5.74) is 1.24. The topological polar surface area (TPSA) is 75.7 Å². The van der Waals surface area contributed by atoms with Gasteiger partial charge in [-0.05, 0) is 42.0 Å². The Bertz CT molecular complexity index is 1220. The van der Waals surface area contributed by atoms with Gasteiger partial charge in [-0.1, -0.05) is 59.6 Å². The highest BCUT2D eigenvalue weighted by atomic mass is 35.5. The smallest absolute Gasteiger partial charge is 0.264 e. The number of amides is 1. The van der Waals surface area contributed by atoms with Crippen LogP contribution in [0, 0.1) is 0 Å². The monoisotopic (exact) mass is 538 g/mol.